The molecule has 0 saturated carbocycles. The molecule has 0 aliphatic rings. The summed E-state index contributed by atoms with van der Waals surface area (Å²) in [4.78, 5) is 7.00. The lowest BCUT2D eigenvalue weighted by Crippen LogP contribution is -2.42. The molecule has 1 rings (SSSR count). The fraction of sp³-hybridized carbons (Fsp3) is 0.632. The second-order valence-electron chi connectivity index (χ2n) is 5.75. The average molecular weight is 351 g/mol. The van der Waals surface area contributed by atoms with Crippen LogP contribution in [0.3, 0.4) is 0 Å². The molecule has 0 amide bonds. The van der Waals surface area contributed by atoms with Crippen LogP contribution < -0.4 is 20.1 Å². The molecule has 0 aliphatic carbocycles. The van der Waals surface area contributed by atoms with E-state index in [0.717, 1.165) is 50.2 Å². The second kappa shape index (κ2) is 12.4. The van der Waals surface area contributed by atoms with Crippen LogP contribution >= 0.6 is 0 Å². The third-order valence-corrected chi connectivity index (χ3v) is 3.86. The molecule has 1 aromatic rings. The van der Waals surface area contributed by atoms with Gasteiger partial charge in [-0.15, -0.1) is 0 Å². The van der Waals surface area contributed by atoms with Crippen LogP contribution in [0, 0.1) is 0 Å². The quantitative estimate of drug-likeness (QED) is 0.474. The molecular weight excluding hydrogens is 316 g/mol. The first-order chi connectivity index (χ1) is 12.1. The fourth-order valence-electron chi connectivity index (χ4n) is 2.40. The average Bonchev–Trinajstić information content (AvgIpc) is 2.63. The van der Waals surface area contributed by atoms with Crippen LogP contribution in [0.25, 0.3) is 0 Å². The number of aliphatic imine (C=N–C) groups is 1. The molecule has 1 unspecified atom stereocenters. The molecule has 0 radical (unpaired) electrons. The van der Waals surface area contributed by atoms with Crippen molar-refractivity contribution < 1.29 is 9.47 Å². The number of nitrogens with one attached hydrogen (secondary N) is 2. The highest BCUT2D eigenvalue weighted by Crippen LogP contribution is 2.26. The highest BCUT2D eigenvalue weighted by molar-refractivity contribution is 5.79. The predicted molar refractivity (Wildman–Crippen MR) is 105 cm³/mol. The van der Waals surface area contributed by atoms with Crippen molar-refractivity contribution in [1.82, 2.24) is 15.5 Å². The predicted octanol–water partition coefficient (Wildman–Crippen LogP) is 2.36. The monoisotopic (exact) mass is 350 g/mol. The van der Waals surface area contributed by atoms with Crippen molar-refractivity contribution in [2.45, 2.75) is 33.8 Å². The van der Waals surface area contributed by atoms with Gasteiger partial charge in [0.15, 0.2) is 17.5 Å². The van der Waals surface area contributed by atoms with E-state index in [2.05, 4.69) is 41.3 Å². The Balaban J connectivity index is 2.52. The normalized spacial score (nSPS) is 12.8. The summed E-state index contributed by atoms with van der Waals surface area (Å²) in [6.45, 7) is 13.8. The van der Waals surface area contributed by atoms with Gasteiger partial charge in [-0.3, -0.25) is 0 Å². The molecular formula is C19H34N4O2. The first-order valence-electron chi connectivity index (χ1n) is 9.18. The molecule has 25 heavy (non-hydrogen) atoms. The topological polar surface area (TPSA) is 58.1 Å². The molecule has 0 aliphatic heterocycles. The van der Waals surface area contributed by atoms with Gasteiger partial charge in [-0.25, -0.2) is 4.99 Å². The van der Waals surface area contributed by atoms with Crippen LogP contribution in [0.5, 0.6) is 11.5 Å². The van der Waals surface area contributed by atoms with Crippen molar-refractivity contribution >= 4 is 5.96 Å². The standard InChI is InChI=1S/C19H34N4O2/c1-6-20-19(21-13-14-23(7-2)8-3)22-15-16(4)25-18-12-10-9-11-17(18)24-5/h9-12,16H,6-8,13-15H2,1-5H3,(H2,20,21,22). The molecule has 1 atom stereocenters. The molecule has 142 valence electrons. The van der Waals surface area contributed by atoms with Crippen molar-refractivity contribution in [1.29, 1.82) is 0 Å². The van der Waals surface area contributed by atoms with Gasteiger partial charge in [0.2, 0.25) is 0 Å². The molecule has 6 heteroatoms. The highest BCUT2D eigenvalue weighted by Gasteiger charge is 2.08. The molecule has 2 N–H and O–H groups in total. The maximum atomic E-state index is 5.95. The summed E-state index contributed by atoms with van der Waals surface area (Å²) < 4.78 is 11.3. The Labute approximate surface area is 152 Å². The minimum Gasteiger partial charge on any atom is -0.493 e. The first-order valence-corrected chi connectivity index (χ1v) is 9.18. The first kappa shape index (κ1) is 21.1. The van der Waals surface area contributed by atoms with Crippen LogP contribution in [-0.2, 0) is 0 Å². The lowest BCUT2D eigenvalue weighted by molar-refractivity contribution is 0.219. The number of guanidine groups is 1. The molecule has 6 nitrogen and oxygen atoms in total. The maximum Gasteiger partial charge on any atom is 0.191 e. The summed E-state index contributed by atoms with van der Waals surface area (Å²) in [6, 6.07) is 7.67. The van der Waals surface area contributed by atoms with E-state index in [9.17, 15) is 0 Å². The van der Waals surface area contributed by atoms with Gasteiger partial charge in [0, 0.05) is 19.6 Å². The summed E-state index contributed by atoms with van der Waals surface area (Å²) >= 11 is 0. The minimum atomic E-state index is -0.0467. The largest absolute Gasteiger partial charge is 0.493 e. The molecule has 0 heterocycles. The van der Waals surface area contributed by atoms with E-state index in [4.69, 9.17) is 9.47 Å². The number of para-hydroxylation sites is 2. The Morgan fingerprint density at radius 1 is 1.12 bits per heavy atom. The molecule has 0 bridgehead atoms. The zero-order valence-corrected chi connectivity index (χ0v) is 16.3. The van der Waals surface area contributed by atoms with Crippen molar-refractivity contribution in [3.05, 3.63) is 24.3 Å². The zero-order chi connectivity index (χ0) is 18.5. The number of rotatable bonds is 11. The van der Waals surface area contributed by atoms with Gasteiger partial charge >= 0.3 is 0 Å². The molecule has 0 aromatic heterocycles. The van der Waals surface area contributed by atoms with Gasteiger partial charge < -0.3 is 25.0 Å². The Bertz CT molecular complexity index is 504. The van der Waals surface area contributed by atoms with E-state index in [0.29, 0.717) is 6.54 Å². The van der Waals surface area contributed by atoms with Crippen LogP contribution in [0.4, 0.5) is 0 Å². The third kappa shape index (κ3) is 8.12. The van der Waals surface area contributed by atoms with Crippen molar-refractivity contribution in [3.8, 4) is 11.5 Å². The lowest BCUT2D eigenvalue weighted by atomic mass is 10.3. The third-order valence-electron chi connectivity index (χ3n) is 3.86. The Morgan fingerprint density at radius 2 is 1.80 bits per heavy atom. The molecule has 1 aromatic carbocycles. The number of likely N-dealkylation sites (N-methyl/N-ethyl adjacent to an activating group) is 1. The van der Waals surface area contributed by atoms with Crippen molar-refractivity contribution in [3.63, 3.8) is 0 Å². The van der Waals surface area contributed by atoms with Gasteiger partial charge in [-0.05, 0) is 39.1 Å². The summed E-state index contributed by atoms with van der Waals surface area (Å²) in [6.07, 6.45) is -0.0467. The molecule has 0 fully saturated rings. The smallest absolute Gasteiger partial charge is 0.191 e. The van der Waals surface area contributed by atoms with Gasteiger partial charge in [0.25, 0.3) is 0 Å². The van der Waals surface area contributed by atoms with Gasteiger partial charge in [-0.1, -0.05) is 26.0 Å². The number of hydrogen-bond donors (Lipinski definition) is 2. The Morgan fingerprint density at radius 3 is 2.40 bits per heavy atom. The lowest BCUT2D eigenvalue weighted by Gasteiger charge is -2.20. The molecule has 0 saturated heterocycles. The van der Waals surface area contributed by atoms with Gasteiger partial charge in [0.05, 0.1) is 13.7 Å². The van der Waals surface area contributed by atoms with E-state index < -0.39 is 0 Å². The van der Waals surface area contributed by atoms with E-state index in [1.54, 1.807) is 7.11 Å². The fourth-order valence-corrected chi connectivity index (χ4v) is 2.40. The van der Waals surface area contributed by atoms with E-state index in [1.165, 1.54) is 0 Å². The Kier molecular flexibility index (Phi) is 10.5. The van der Waals surface area contributed by atoms with E-state index >= 15 is 0 Å². The van der Waals surface area contributed by atoms with Crippen LogP contribution in [0.2, 0.25) is 0 Å². The van der Waals surface area contributed by atoms with Crippen LogP contribution in [0.1, 0.15) is 27.7 Å². The number of nitrogens with zero attached hydrogens (tertiary/aromatic N) is 2. The molecule has 0 spiro atoms. The van der Waals surface area contributed by atoms with E-state index in [-0.39, 0.29) is 6.10 Å². The second-order valence-corrected chi connectivity index (χ2v) is 5.75. The maximum absolute atomic E-state index is 5.95. The van der Waals surface area contributed by atoms with E-state index in [1.807, 2.05) is 31.2 Å². The van der Waals surface area contributed by atoms with Crippen LogP contribution in [-0.4, -0.2) is 63.3 Å². The van der Waals surface area contributed by atoms with Gasteiger partial charge in [-0.2, -0.15) is 0 Å². The highest BCUT2D eigenvalue weighted by atomic mass is 16.5. The van der Waals surface area contributed by atoms with Crippen molar-refractivity contribution in [2.75, 3.05) is 46.4 Å². The van der Waals surface area contributed by atoms with Gasteiger partial charge in [0.1, 0.15) is 6.10 Å². The van der Waals surface area contributed by atoms with Crippen molar-refractivity contribution in [2.24, 2.45) is 4.99 Å². The summed E-state index contributed by atoms with van der Waals surface area (Å²) in [5, 5.41) is 6.65. The minimum absolute atomic E-state index is 0.0467. The summed E-state index contributed by atoms with van der Waals surface area (Å²) in [7, 11) is 1.65. The summed E-state index contributed by atoms with van der Waals surface area (Å²) in [5.41, 5.74) is 0. The SMILES string of the molecule is CCNC(=NCC(C)Oc1ccccc1OC)NCCN(CC)CC. The Hall–Kier alpha value is -1.95. The summed E-state index contributed by atoms with van der Waals surface area (Å²) in [5.74, 6) is 2.31. The zero-order valence-electron chi connectivity index (χ0n) is 16.3. The number of ether oxygens (including phenoxy) is 2. The number of hydrogen-bond acceptors (Lipinski definition) is 4. The number of benzene rings is 1. The number of methoxy groups -OCH3 is 1. The van der Waals surface area contributed by atoms with Crippen LogP contribution in [0.15, 0.2) is 29.3 Å².